The van der Waals surface area contributed by atoms with Crippen molar-refractivity contribution in [2.24, 2.45) is 5.41 Å². The average Bonchev–Trinajstić information content (AvgIpc) is 3.53. The van der Waals surface area contributed by atoms with E-state index in [2.05, 4.69) is 49.7 Å². The van der Waals surface area contributed by atoms with Gasteiger partial charge in [0.2, 0.25) is 11.9 Å². The summed E-state index contributed by atoms with van der Waals surface area (Å²) in [4.78, 5) is 18.1. The number of hydrogen-bond acceptors (Lipinski definition) is 8. The van der Waals surface area contributed by atoms with Gasteiger partial charge >= 0.3 is 0 Å². The van der Waals surface area contributed by atoms with Gasteiger partial charge in [-0.2, -0.15) is 0 Å². The lowest BCUT2D eigenvalue weighted by Gasteiger charge is -2.31. The van der Waals surface area contributed by atoms with Gasteiger partial charge in [-0.1, -0.05) is 18.5 Å². The van der Waals surface area contributed by atoms with Gasteiger partial charge < -0.3 is 20.7 Å². The summed E-state index contributed by atoms with van der Waals surface area (Å²) in [5.41, 5.74) is 1.69. The predicted molar refractivity (Wildman–Crippen MR) is 128 cm³/mol. The normalized spacial score (nSPS) is 22.9. The lowest BCUT2D eigenvalue weighted by molar-refractivity contribution is 0.161. The van der Waals surface area contributed by atoms with Crippen LogP contribution in [0.15, 0.2) is 18.5 Å². The summed E-state index contributed by atoms with van der Waals surface area (Å²) in [6.45, 7) is 6.05. The highest BCUT2D eigenvalue weighted by Crippen LogP contribution is 2.44. The van der Waals surface area contributed by atoms with E-state index in [9.17, 15) is 0 Å². The molecule has 0 bridgehead atoms. The van der Waals surface area contributed by atoms with Crippen molar-refractivity contribution in [3.8, 4) is 11.4 Å². The highest BCUT2D eigenvalue weighted by atomic mass is 35.5. The van der Waals surface area contributed by atoms with Crippen LogP contribution < -0.4 is 16.0 Å². The van der Waals surface area contributed by atoms with Crippen LogP contribution >= 0.6 is 11.6 Å². The Kier molecular flexibility index (Phi) is 7.43. The molecule has 0 saturated heterocycles. The Labute approximate surface area is 195 Å². The Hall–Kier alpha value is -2.03. The van der Waals surface area contributed by atoms with E-state index >= 15 is 0 Å². The Bertz CT molecular complexity index is 900. The molecule has 0 spiro atoms. The van der Waals surface area contributed by atoms with Crippen LogP contribution in [0.2, 0.25) is 5.02 Å². The van der Waals surface area contributed by atoms with E-state index in [1.54, 1.807) is 19.5 Å². The number of halogens is 1. The fraction of sp³-hybridized carbons (Fsp3) is 0.652. The third kappa shape index (κ3) is 6.27. The molecule has 174 valence electrons. The molecule has 3 N–H and O–H groups in total. The number of methoxy groups -OCH3 is 1. The van der Waals surface area contributed by atoms with Crippen LogP contribution in [0.1, 0.15) is 52.4 Å². The van der Waals surface area contributed by atoms with Crippen LogP contribution in [0.25, 0.3) is 11.4 Å². The van der Waals surface area contributed by atoms with Crippen LogP contribution in [0.5, 0.6) is 0 Å². The highest BCUT2D eigenvalue weighted by Gasteiger charge is 2.37. The summed E-state index contributed by atoms with van der Waals surface area (Å²) >= 11 is 6.43. The maximum Gasteiger partial charge on any atom is 0.223 e. The Morgan fingerprint density at radius 3 is 2.59 bits per heavy atom. The molecule has 0 radical (unpaired) electrons. The third-order valence-electron chi connectivity index (χ3n) is 6.42. The van der Waals surface area contributed by atoms with E-state index in [4.69, 9.17) is 16.3 Å². The molecule has 2 heterocycles. The second-order valence-electron chi connectivity index (χ2n) is 9.54. The lowest BCUT2D eigenvalue weighted by atomic mass is 9.91. The van der Waals surface area contributed by atoms with E-state index in [1.807, 2.05) is 6.07 Å². The molecule has 9 heteroatoms. The van der Waals surface area contributed by atoms with E-state index in [-0.39, 0.29) is 0 Å². The smallest absolute Gasteiger partial charge is 0.223 e. The highest BCUT2D eigenvalue weighted by molar-refractivity contribution is 6.32. The quantitative estimate of drug-likeness (QED) is 0.487. The molecule has 8 nitrogen and oxygen atoms in total. The minimum absolute atomic E-state index is 0.349. The zero-order valence-corrected chi connectivity index (χ0v) is 20.0. The minimum atomic E-state index is 0.349. The predicted octanol–water partition coefficient (Wildman–Crippen LogP) is 4.15. The fourth-order valence-electron chi connectivity index (χ4n) is 4.16. The molecule has 2 aromatic heterocycles. The molecule has 4 rings (SSSR count). The molecule has 0 amide bonds. The average molecular weight is 460 g/mol. The molecular formula is C23H34ClN7O. The molecule has 0 aliphatic heterocycles. The van der Waals surface area contributed by atoms with Crippen molar-refractivity contribution < 1.29 is 4.74 Å². The number of hydrogen-bond donors (Lipinski definition) is 3. The third-order valence-corrected chi connectivity index (χ3v) is 6.69. The molecule has 1 atom stereocenters. The van der Waals surface area contributed by atoms with Crippen LogP contribution in [-0.4, -0.2) is 58.3 Å². The summed E-state index contributed by atoms with van der Waals surface area (Å²) in [5.74, 6) is 1.19. The lowest BCUT2D eigenvalue weighted by Crippen LogP contribution is -2.43. The van der Waals surface area contributed by atoms with Gasteiger partial charge in [-0.05, 0) is 56.9 Å². The van der Waals surface area contributed by atoms with Gasteiger partial charge in [-0.25, -0.2) is 19.9 Å². The largest absolute Gasteiger partial charge is 0.383 e. The van der Waals surface area contributed by atoms with Crippen molar-refractivity contribution >= 4 is 23.5 Å². The monoisotopic (exact) mass is 459 g/mol. The number of aromatic nitrogens is 4. The summed E-state index contributed by atoms with van der Waals surface area (Å²) in [7, 11) is 1.74. The zero-order chi connectivity index (χ0) is 22.6. The first-order valence-corrected chi connectivity index (χ1v) is 11.9. The van der Waals surface area contributed by atoms with Crippen molar-refractivity contribution in [2.75, 3.05) is 30.9 Å². The first-order valence-electron chi connectivity index (χ1n) is 11.6. The standard InChI is InChI=1S/C23H34ClN7O/c1-15(13-32-3)28-16-4-6-17(7-5-16)29-22-26-12-18(24)20(31-22)19-8-11-25-21(30-19)27-14-23(2)9-10-23/h8,11-12,15-17,28H,4-7,9-10,13-14H2,1-3H3,(H,25,27,30)(H,26,29,31)/t15-,16?,17?/m1/s1. The van der Waals surface area contributed by atoms with Crippen molar-refractivity contribution in [1.82, 2.24) is 25.3 Å². The minimum Gasteiger partial charge on any atom is -0.383 e. The molecule has 2 fully saturated rings. The Balaban J connectivity index is 1.36. The number of nitrogens with zero attached hydrogens (tertiary/aromatic N) is 4. The number of anilines is 2. The maximum absolute atomic E-state index is 6.43. The fourth-order valence-corrected chi connectivity index (χ4v) is 4.35. The summed E-state index contributed by atoms with van der Waals surface area (Å²) < 4.78 is 5.23. The second-order valence-corrected chi connectivity index (χ2v) is 9.94. The molecule has 2 saturated carbocycles. The van der Waals surface area contributed by atoms with E-state index in [1.165, 1.54) is 12.8 Å². The number of nitrogens with one attached hydrogen (secondary N) is 3. The molecule has 0 aromatic carbocycles. The first kappa shape index (κ1) is 23.1. The van der Waals surface area contributed by atoms with Gasteiger partial charge in [0.1, 0.15) is 5.69 Å². The van der Waals surface area contributed by atoms with Crippen LogP contribution in [-0.2, 0) is 4.74 Å². The van der Waals surface area contributed by atoms with Crippen molar-refractivity contribution in [3.63, 3.8) is 0 Å². The molecule has 2 aliphatic carbocycles. The molecule has 2 aromatic rings. The van der Waals surface area contributed by atoms with Gasteiger partial charge in [0.15, 0.2) is 0 Å². The summed E-state index contributed by atoms with van der Waals surface area (Å²) in [6, 6.07) is 3.09. The summed E-state index contributed by atoms with van der Waals surface area (Å²) in [6.07, 6.45) is 10.2. The molecule has 0 unspecified atom stereocenters. The van der Waals surface area contributed by atoms with Crippen molar-refractivity contribution in [3.05, 3.63) is 23.5 Å². The van der Waals surface area contributed by atoms with Crippen molar-refractivity contribution in [2.45, 2.75) is 70.5 Å². The molecule has 32 heavy (non-hydrogen) atoms. The zero-order valence-electron chi connectivity index (χ0n) is 19.2. The van der Waals surface area contributed by atoms with Crippen LogP contribution in [0.3, 0.4) is 0 Å². The van der Waals surface area contributed by atoms with Crippen LogP contribution in [0.4, 0.5) is 11.9 Å². The van der Waals surface area contributed by atoms with E-state index < -0.39 is 0 Å². The van der Waals surface area contributed by atoms with E-state index in [0.29, 0.717) is 51.8 Å². The van der Waals surface area contributed by atoms with Gasteiger partial charge in [0.05, 0.1) is 23.5 Å². The van der Waals surface area contributed by atoms with Crippen molar-refractivity contribution in [1.29, 1.82) is 0 Å². The summed E-state index contributed by atoms with van der Waals surface area (Å²) in [5, 5.41) is 11.0. The van der Waals surface area contributed by atoms with E-state index in [0.717, 1.165) is 38.8 Å². The van der Waals surface area contributed by atoms with Gasteiger partial charge in [-0.3, -0.25) is 0 Å². The number of rotatable bonds is 10. The topological polar surface area (TPSA) is 96.9 Å². The maximum atomic E-state index is 6.43. The Morgan fingerprint density at radius 1 is 1.12 bits per heavy atom. The molecular weight excluding hydrogens is 426 g/mol. The van der Waals surface area contributed by atoms with Crippen LogP contribution in [0, 0.1) is 5.41 Å². The molecule has 2 aliphatic rings. The Morgan fingerprint density at radius 2 is 1.88 bits per heavy atom. The van der Waals surface area contributed by atoms with Gasteiger partial charge in [0, 0.05) is 38.0 Å². The first-order chi connectivity index (χ1) is 15.4. The SMILES string of the molecule is COC[C@@H](C)NC1CCC(Nc2ncc(Cl)c(-c3ccnc(NCC4(C)CC4)n3)n2)CC1. The van der Waals surface area contributed by atoms with Gasteiger partial charge in [-0.15, -0.1) is 0 Å². The number of ether oxygens (including phenoxy) is 1. The second kappa shape index (κ2) is 10.3. The van der Waals surface area contributed by atoms with Gasteiger partial charge in [0.25, 0.3) is 0 Å².